The van der Waals surface area contributed by atoms with E-state index < -0.39 is 5.91 Å². The van der Waals surface area contributed by atoms with Gasteiger partial charge in [0.25, 0.3) is 5.91 Å². The number of phenols is 2. The first-order valence-electron chi connectivity index (χ1n) is 7.19. The third kappa shape index (κ3) is 4.03. The molecule has 0 heterocycles. The molecule has 25 heavy (non-hydrogen) atoms. The number of carbonyl (C=O) groups excluding carboxylic acids is 1. The molecule has 0 atom stereocenters. The average molecular weight is 558 g/mol. The number of phenolic OH excluding ortho intramolecular Hbond substituents is 2. The highest BCUT2D eigenvalue weighted by Gasteiger charge is 2.12. The van der Waals surface area contributed by atoms with Gasteiger partial charge in [-0.3, -0.25) is 4.79 Å². The maximum absolute atomic E-state index is 12.3. The van der Waals surface area contributed by atoms with E-state index in [2.05, 4.69) is 10.5 Å². The zero-order chi connectivity index (χ0) is 18.0. The Morgan fingerprint density at radius 3 is 2.24 bits per heavy atom. The smallest absolute Gasteiger partial charge is 0.275 e. The van der Waals surface area contributed by atoms with Gasteiger partial charge in [-0.15, -0.1) is 0 Å². The van der Waals surface area contributed by atoms with Crippen molar-refractivity contribution in [2.75, 3.05) is 0 Å². The Bertz CT molecular complexity index is 980. The van der Waals surface area contributed by atoms with Crippen molar-refractivity contribution in [3.05, 3.63) is 66.8 Å². The summed E-state index contributed by atoms with van der Waals surface area (Å²) in [6.07, 6.45) is 1.49. The summed E-state index contributed by atoms with van der Waals surface area (Å²) in [5, 5.41) is 25.4. The number of aromatic hydroxyl groups is 2. The summed E-state index contributed by atoms with van der Waals surface area (Å²) in [4.78, 5) is 12.3. The largest absolute Gasteiger partial charge is 0.507 e. The molecule has 0 saturated heterocycles. The van der Waals surface area contributed by atoms with Crippen molar-refractivity contribution in [3.8, 4) is 11.5 Å². The Morgan fingerprint density at radius 1 is 1.00 bits per heavy atom. The van der Waals surface area contributed by atoms with E-state index in [9.17, 15) is 15.0 Å². The summed E-state index contributed by atoms with van der Waals surface area (Å²) >= 11 is 4.05. The van der Waals surface area contributed by atoms with E-state index in [1.807, 2.05) is 69.4 Å². The molecule has 0 aliphatic carbocycles. The van der Waals surface area contributed by atoms with E-state index in [0.29, 0.717) is 7.14 Å². The van der Waals surface area contributed by atoms with Crippen LogP contribution in [0.5, 0.6) is 11.5 Å². The molecular formula is C18H12I2N2O3. The molecule has 3 aromatic rings. The number of nitrogens with one attached hydrogen (secondary N) is 1. The van der Waals surface area contributed by atoms with Crippen molar-refractivity contribution in [3.63, 3.8) is 0 Å². The van der Waals surface area contributed by atoms with E-state index >= 15 is 0 Å². The molecule has 0 aromatic heterocycles. The van der Waals surface area contributed by atoms with Gasteiger partial charge in [0.05, 0.1) is 18.9 Å². The Balaban J connectivity index is 1.80. The van der Waals surface area contributed by atoms with Crippen molar-refractivity contribution >= 4 is 68.1 Å². The zero-order valence-electron chi connectivity index (χ0n) is 12.7. The van der Waals surface area contributed by atoms with Gasteiger partial charge < -0.3 is 10.2 Å². The predicted octanol–water partition coefficient (Wildman–Crippen LogP) is 4.22. The fraction of sp³-hybridized carbons (Fsp3) is 0. The first kappa shape index (κ1) is 17.9. The average Bonchev–Trinajstić information content (AvgIpc) is 2.58. The fourth-order valence-electron chi connectivity index (χ4n) is 2.30. The molecule has 1 amide bonds. The summed E-state index contributed by atoms with van der Waals surface area (Å²) in [7, 11) is 0. The summed E-state index contributed by atoms with van der Waals surface area (Å²) in [5.74, 6) is -0.369. The lowest BCUT2D eigenvalue weighted by atomic mass is 10.1. The second-order valence-electron chi connectivity index (χ2n) is 5.25. The van der Waals surface area contributed by atoms with Gasteiger partial charge in [0.15, 0.2) is 0 Å². The SMILES string of the molecule is O=C(N/N=C/c1cc(I)c(O)c(I)c1)c1cc2ccccc2cc1O. The number of carbonyl (C=O) groups is 1. The van der Waals surface area contributed by atoms with Crippen LogP contribution < -0.4 is 5.43 Å². The van der Waals surface area contributed by atoms with Gasteiger partial charge in [0, 0.05) is 0 Å². The highest BCUT2D eigenvalue weighted by molar-refractivity contribution is 14.1. The van der Waals surface area contributed by atoms with Crippen LogP contribution in [0.3, 0.4) is 0 Å². The number of nitrogens with zero attached hydrogens (tertiary/aromatic N) is 1. The molecule has 0 aliphatic heterocycles. The molecule has 3 aromatic carbocycles. The number of hydrazone groups is 1. The van der Waals surface area contributed by atoms with E-state index in [1.165, 1.54) is 6.21 Å². The minimum Gasteiger partial charge on any atom is -0.507 e. The van der Waals surface area contributed by atoms with Crippen LogP contribution >= 0.6 is 45.2 Å². The van der Waals surface area contributed by atoms with Crippen LogP contribution in [0, 0.1) is 7.14 Å². The Kier molecular flexibility index (Phi) is 5.42. The molecule has 0 unspecified atom stereocenters. The molecule has 0 radical (unpaired) electrons. The Labute approximate surface area is 171 Å². The quantitative estimate of drug-likeness (QED) is 0.256. The van der Waals surface area contributed by atoms with Crippen LogP contribution in [0.25, 0.3) is 10.8 Å². The first-order valence-corrected chi connectivity index (χ1v) is 9.34. The molecule has 3 rings (SSSR count). The second kappa shape index (κ2) is 7.56. The molecule has 0 aliphatic rings. The van der Waals surface area contributed by atoms with Gasteiger partial charge in [-0.25, -0.2) is 5.43 Å². The van der Waals surface area contributed by atoms with Crippen LogP contribution in [-0.4, -0.2) is 22.3 Å². The van der Waals surface area contributed by atoms with E-state index in [-0.39, 0.29) is 17.1 Å². The lowest BCUT2D eigenvalue weighted by Crippen LogP contribution is -2.17. The minimum atomic E-state index is -0.498. The van der Waals surface area contributed by atoms with Gasteiger partial charge >= 0.3 is 0 Å². The number of benzene rings is 3. The van der Waals surface area contributed by atoms with Crippen LogP contribution in [-0.2, 0) is 0 Å². The number of hydrogen-bond acceptors (Lipinski definition) is 4. The first-order chi connectivity index (χ1) is 12.0. The summed E-state index contributed by atoms with van der Waals surface area (Å²) in [6.45, 7) is 0. The minimum absolute atomic E-state index is 0.0971. The number of rotatable bonds is 3. The van der Waals surface area contributed by atoms with E-state index in [4.69, 9.17) is 0 Å². The third-order valence-electron chi connectivity index (χ3n) is 3.53. The highest BCUT2D eigenvalue weighted by atomic mass is 127. The number of amides is 1. The lowest BCUT2D eigenvalue weighted by molar-refractivity contribution is 0.0952. The Morgan fingerprint density at radius 2 is 1.60 bits per heavy atom. The molecule has 7 heteroatoms. The van der Waals surface area contributed by atoms with Crippen LogP contribution in [0.1, 0.15) is 15.9 Å². The van der Waals surface area contributed by atoms with Crippen molar-refractivity contribution in [1.82, 2.24) is 5.43 Å². The number of halogens is 2. The van der Waals surface area contributed by atoms with Gasteiger partial charge in [-0.1, -0.05) is 24.3 Å². The fourth-order valence-corrected chi connectivity index (χ4v) is 4.11. The number of fused-ring (bicyclic) bond motifs is 1. The van der Waals surface area contributed by atoms with E-state index in [0.717, 1.165) is 16.3 Å². The van der Waals surface area contributed by atoms with Crippen molar-refractivity contribution in [2.24, 2.45) is 5.10 Å². The van der Waals surface area contributed by atoms with Gasteiger partial charge in [0.2, 0.25) is 0 Å². The summed E-state index contributed by atoms with van der Waals surface area (Å²) < 4.78 is 1.40. The maximum atomic E-state index is 12.3. The number of hydrogen-bond donors (Lipinski definition) is 3. The van der Waals surface area contributed by atoms with Crippen LogP contribution in [0.4, 0.5) is 0 Å². The molecule has 0 fully saturated rings. The standard InChI is InChI=1S/C18H12I2N2O3/c19-14-5-10(6-15(20)17(14)24)9-21-22-18(25)13-7-11-3-1-2-4-12(11)8-16(13)23/h1-9,23-24H,(H,22,25)/b21-9+. The van der Waals surface area contributed by atoms with Crippen LogP contribution in [0.2, 0.25) is 0 Å². The molecule has 5 nitrogen and oxygen atoms in total. The highest BCUT2D eigenvalue weighted by Crippen LogP contribution is 2.27. The van der Waals surface area contributed by atoms with Crippen molar-refractivity contribution < 1.29 is 15.0 Å². The molecule has 0 saturated carbocycles. The topological polar surface area (TPSA) is 81.9 Å². The van der Waals surface area contributed by atoms with Crippen LogP contribution in [0.15, 0.2) is 53.6 Å². The van der Waals surface area contributed by atoms with Crippen molar-refractivity contribution in [2.45, 2.75) is 0 Å². The van der Waals surface area contributed by atoms with Gasteiger partial charge in [0.1, 0.15) is 11.5 Å². The maximum Gasteiger partial charge on any atom is 0.275 e. The molecule has 0 bridgehead atoms. The van der Waals surface area contributed by atoms with Gasteiger partial charge in [-0.2, -0.15) is 5.10 Å². The molecule has 0 spiro atoms. The monoisotopic (exact) mass is 558 g/mol. The normalized spacial score (nSPS) is 11.1. The predicted molar refractivity (Wildman–Crippen MR) is 114 cm³/mol. The molecular weight excluding hydrogens is 546 g/mol. The summed E-state index contributed by atoms with van der Waals surface area (Å²) in [5.41, 5.74) is 3.31. The summed E-state index contributed by atoms with van der Waals surface area (Å²) in [6, 6.07) is 14.2. The molecule has 126 valence electrons. The van der Waals surface area contributed by atoms with E-state index in [1.54, 1.807) is 24.3 Å². The Hall–Kier alpha value is -1.88. The van der Waals surface area contributed by atoms with Crippen molar-refractivity contribution in [1.29, 1.82) is 0 Å². The molecule has 3 N–H and O–H groups in total. The van der Waals surface area contributed by atoms with Gasteiger partial charge in [-0.05, 0) is 85.8 Å². The second-order valence-corrected chi connectivity index (χ2v) is 7.57. The lowest BCUT2D eigenvalue weighted by Gasteiger charge is -2.06. The zero-order valence-corrected chi connectivity index (χ0v) is 17.0. The third-order valence-corrected chi connectivity index (χ3v) is 5.17.